The molecule has 0 saturated carbocycles. The van der Waals surface area contributed by atoms with Crippen molar-refractivity contribution in [1.29, 1.82) is 0 Å². The summed E-state index contributed by atoms with van der Waals surface area (Å²) in [5.74, 6) is 1.16. The summed E-state index contributed by atoms with van der Waals surface area (Å²) >= 11 is 6.70. The van der Waals surface area contributed by atoms with Crippen LogP contribution >= 0.6 is 31.9 Å². The Morgan fingerprint density at radius 1 is 1.08 bits per heavy atom. The molecular weight excluding hydrogens is 488 g/mol. The van der Waals surface area contributed by atoms with E-state index in [-0.39, 0.29) is 4.90 Å². The highest BCUT2D eigenvalue weighted by molar-refractivity contribution is 9.10. The number of ether oxygens (including phenoxy) is 2. The number of sulfonamides is 1. The Morgan fingerprint density at radius 2 is 1.73 bits per heavy atom. The first kappa shape index (κ1) is 20.7. The minimum absolute atomic E-state index is 0.126. The number of hydrogen-bond acceptors (Lipinski definition) is 5. The van der Waals surface area contributed by atoms with Crippen LogP contribution in [-0.2, 0) is 10.0 Å². The van der Waals surface area contributed by atoms with E-state index in [0.717, 1.165) is 4.47 Å². The van der Waals surface area contributed by atoms with E-state index in [1.165, 1.54) is 18.3 Å². The minimum atomic E-state index is -3.73. The van der Waals surface area contributed by atoms with Gasteiger partial charge in [-0.1, -0.05) is 15.9 Å². The Bertz CT molecular complexity index is 884. The van der Waals surface area contributed by atoms with Crippen LogP contribution in [0.1, 0.15) is 19.4 Å². The van der Waals surface area contributed by atoms with Gasteiger partial charge in [0.15, 0.2) is 11.5 Å². The van der Waals surface area contributed by atoms with Crippen LogP contribution in [0.2, 0.25) is 0 Å². The van der Waals surface area contributed by atoms with E-state index >= 15 is 0 Å². The van der Waals surface area contributed by atoms with Gasteiger partial charge in [-0.05, 0) is 71.7 Å². The Hall–Kier alpha value is -1.58. The maximum atomic E-state index is 12.2. The minimum Gasteiger partial charge on any atom is -0.490 e. The zero-order valence-corrected chi connectivity index (χ0v) is 18.2. The van der Waals surface area contributed by atoms with E-state index < -0.39 is 10.0 Å². The lowest BCUT2D eigenvalue weighted by atomic mass is 10.2. The maximum absolute atomic E-state index is 12.2. The van der Waals surface area contributed by atoms with E-state index in [4.69, 9.17) is 9.47 Å². The summed E-state index contributed by atoms with van der Waals surface area (Å²) < 4.78 is 37.1. The number of benzene rings is 2. The van der Waals surface area contributed by atoms with Crippen LogP contribution in [0, 0.1) is 0 Å². The molecule has 26 heavy (non-hydrogen) atoms. The molecule has 0 aliphatic rings. The second-order valence-electron chi connectivity index (χ2n) is 5.00. The van der Waals surface area contributed by atoms with Crippen molar-refractivity contribution < 1.29 is 17.9 Å². The number of hydrogen-bond donors (Lipinski definition) is 1. The molecule has 0 radical (unpaired) electrons. The summed E-state index contributed by atoms with van der Waals surface area (Å²) in [6.45, 7) is 4.73. The van der Waals surface area contributed by atoms with Crippen LogP contribution < -0.4 is 14.3 Å². The largest absolute Gasteiger partial charge is 0.490 e. The van der Waals surface area contributed by atoms with Crippen LogP contribution in [-0.4, -0.2) is 27.8 Å². The maximum Gasteiger partial charge on any atom is 0.276 e. The Kier molecular flexibility index (Phi) is 7.48. The first-order chi connectivity index (χ1) is 12.4. The SMILES string of the molecule is CCOc1cc(C=NNS(=O)(=O)c2ccc(Br)cc2)cc(Br)c1OCC. The molecule has 0 spiro atoms. The van der Waals surface area contributed by atoms with Crippen molar-refractivity contribution in [2.75, 3.05) is 13.2 Å². The second-order valence-corrected chi connectivity index (χ2v) is 8.43. The summed E-state index contributed by atoms with van der Waals surface area (Å²) in [6, 6.07) is 9.78. The quantitative estimate of drug-likeness (QED) is 0.428. The molecule has 2 aromatic carbocycles. The van der Waals surface area contributed by atoms with Crippen LogP contribution in [0.5, 0.6) is 11.5 Å². The van der Waals surface area contributed by atoms with Crippen molar-refractivity contribution in [3.63, 3.8) is 0 Å². The van der Waals surface area contributed by atoms with Crippen molar-refractivity contribution in [1.82, 2.24) is 4.83 Å². The first-order valence-electron chi connectivity index (χ1n) is 7.77. The fraction of sp³-hybridized carbons (Fsp3) is 0.235. The van der Waals surface area contributed by atoms with Gasteiger partial charge in [-0.3, -0.25) is 0 Å². The summed E-state index contributed by atoms with van der Waals surface area (Å²) in [6.07, 6.45) is 1.40. The molecule has 0 bridgehead atoms. The van der Waals surface area contributed by atoms with Gasteiger partial charge in [0, 0.05) is 4.47 Å². The predicted molar refractivity (Wildman–Crippen MR) is 109 cm³/mol. The van der Waals surface area contributed by atoms with Crippen LogP contribution in [0.25, 0.3) is 0 Å². The molecule has 1 N–H and O–H groups in total. The summed E-state index contributed by atoms with van der Waals surface area (Å²) in [5, 5.41) is 3.84. The third-order valence-electron chi connectivity index (χ3n) is 3.13. The van der Waals surface area contributed by atoms with Crippen LogP contribution in [0.4, 0.5) is 0 Å². The smallest absolute Gasteiger partial charge is 0.276 e. The number of nitrogens with zero attached hydrogens (tertiary/aromatic N) is 1. The monoisotopic (exact) mass is 504 g/mol. The second kappa shape index (κ2) is 9.38. The van der Waals surface area contributed by atoms with Gasteiger partial charge < -0.3 is 9.47 Å². The summed E-state index contributed by atoms with van der Waals surface area (Å²) in [5.41, 5.74) is 0.655. The Labute approximate surface area is 169 Å². The van der Waals surface area contributed by atoms with Gasteiger partial charge in [-0.15, -0.1) is 0 Å². The number of rotatable bonds is 8. The zero-order chi connectivity index (χ0) is 19.2. The molecule has 0 aromatic heterocycles. The molecule has 2 rings (SSSR count). The lowest BCUT2D eigenvalue weighted by Gasteiger charge is -2.13. The van der Waals surface area contributed by atoms with Crippen molar-refractivity contribution in [2.45, 2.75) is 18.7 Å². The van der Waals surface area contributed by atoms with Crippen molar-refractivity contribution in [3.05, 3.63) is 50.9 Å². The number of nitrogens with one attached hydrogen (secondary N) is 1. The zero-order valence-electron chi connectivity index (χ0n) is 14.2. The highest BCUT2D eigenvalue weighted by Gasteiger charge is 2.13. The molecule has 140 valence electrons. The fourth-order valence-electron chi connectivity index (χ4n) is 2.05. The van der Waals surface area contributed by atoms with Crippen LogP contribution in [0.15, 0.2) is 55.3 Å². The molecule has 0 aliphatic carbocycles. The molecule has 0 fully saturated rings. The van der Waals surface area contributed by atoms with E-state index in [1.807, 2.05) is 13.8 Å². The van der Waals surface area contributed by atoms with Gasteiger partial charge in [0.25, 0.3) is 10.0 Å². The Morgan fingerprint density at radius 3 is 2.35 bits per heavy atom. The molecule has 9 heteroatoms. The van der Waals surface area contributed by atoms with Crippen LogP contribution in [0.3, 0.4) is 0 Å². The highest BCUT2D eigenvalue weighted by Crippen LogP contribution is 2.36. The lowest BCUT2D eigenvalue weighted by Crippen LogP contribution is -2.18. The van der Waals surface area contributed by atoms with Gasteiger partial charge in [0.2, 0.25) is 0 Å². The number of hydrazone groups is 1. The first-order valence-corrected chi connectivity index (χ1v) is 10.8. The third kappa shape index (κ3) is 5.46. The molecule has 0 heterocycles. The molecule has 2 aromatic rings. The van der Waals surface area contributed by atoms with Crippen molar-refractivity contribution in [3.8, 4) is 11.5 Å². The molecule has 0 amide bonds. The molecule has 0 saturated heterocycles. The third-order valence-corrected chi connectivity index (χ3v) is 5.49. The summed E-state index contributed by atoms with van der Waals surface area (Å²) in [7, 11) is -3.73. The van der Waals surface area contributed by atoms with Gasteiger partial charge >= 0.3 is 0 Å². The molecule has 0 unspecified atom stereocenters. The fourth-order valence-corrected chi connectivity index (χ4v) is 3.68. The van der Waals surface area contributed by atoms with E-state index in [0.29, 0.717) is 34.7 Å². The van der Waals surface area contributed by atoms with Crippen molar-refractivity contribution >= 4 is 48.1 Å². The van der Waals surface area contributed by atoms with Crippen molar-refractivity contribution in [2.24, 2.45) is 5.10 Å². The molecule has 0 atom stereocenters. The molecule has 6 nitrogen and oxygen atoms in total. The van der Waals surface area contributed by atoms with E-state index in [1.54, 1.807) is 24.3 Å². The average Bonchev–Trinajstić information content (AvgIpc) is 2.58. The standard InChI is InChI=1S/C17H18Br2N2O4S/c1-3-24-16-10-12(9-15(19)17(16)25-4-2)11-20-21-26(22,23)14-7-5-13(18)6-8-14/h5-11,21H,3-4H2,1-2H3. The summed E-state index contributed by atoms with van der Waals surface area (Å²) in [4.78, 5) is 2.32. The van der Waals surface area contributed by atoms with Gasteiger partial charge in [0.05, 0.1) is 28.8 Å². The Balaban J connectivity index is 2.20. The predicted octanol–water partition coefficient (Wildman–Crippen LogP) is 4.32. The van der Waals surface area contributed by atoms with Gasteiger partial charge in [0.1, 0.15) is 0 Å². The van der Waals surface area contributed by atoms with Gasteiger partial charge in [-0.25, -0.2) is 4.83 Å². The van der Waals surface area contributed by atoms with Gasteiger partial charge in [-0.2, -0.15) is 13.5 Å². The van der Waals surface area contributed by atoms with E-state index in [9.17, 15) is 8.42 Å². The molecular formula is C17H18Br2N2O4S. The lowest BCUT2D eigenvalue weighted by molar-refractivity contribution is 0.286. The average molecular weight is 506 g/mol. The highest BCUT2D eigenvalue weighted by atomic mass is 79.9. The van der Waals surface area contributed by atoms with E-state index in [2.05, 4.69) is 41.8 Å². The topological polar surface area (TPSA) is 77.0 Å². The molecule has 0 aliphatic heterocycles. The number of halogens is 2. The normalized spacial score (nSPS) is 11.5.